The van der Waals surface area contributed by atoms with E-state index in [1.54, 1.807) is 7.05 Å². The molecule has 0 aromatic heterocycles. The molecule has 0 heterocycles. The summed E-state index contributed by atoms with van der Waals surface area (Å²) < 4.78 is 5.95. The molecule has 1 aromatic carbocycles. The Labute approximate surface area is 126 Å². The van der Waals surface area contributed by atoms with Crippen LogP contribution < -0.4 is 10.1 Å². The van der Waals surface area contributed by atoms with Crippen molar-refractivity contribution in [3.05, 3.63) is 29.8 Å². The van der Waals surface area contributed by atoms with E-state index in [9.17, 15) is 9.90 Å². The van der Waals surface area contributed by atoms with Crippen LogP contribution in [0.15, 0.2) is 24.3 Å². The third-order valence-corrected chi connectivity index (χ3v) is 4.72. The molecule has 3 atom stereocenters. The van der Waals surface area contributed by atoms with Crippen LogP contribution in [0.1, 0.15) is 51.0 Å². The Kier molecular flexibility index (Phi) is 4.88. The van der Waals surface area contributed by atoms with E-state index in [2.05, 4.69) is 31.3 Å². The van der Waals surface area contributed by atoms with Gasteiger partial charge in [0.15, 0.2) is 0 Å². The summed E-state index contributed by atoms with van der Waals surface area (Å²) in [6.07, 6.45) is 2.95. The first-order valence-corrected chi connectivity index (χ1v) is 7.69. The van der Waals surface area contributed by atoms with Crippen LogP contribution in [0.2, 0.25) is 0 Å². The molecule has 1 fully saturated rings. The highest BCUT2D eigenvalue weighted by atomic mass is 16.5. The van der Waals surface area contributed by atoms with Crippen LogP contribution in [-0.2, 0) is 4.79 Å². The van der Waals surface area contributed by atoms with E-state index in [0.717, 1.165) is 18.6 Å². The average Bonchev–Trinajstić information content (AvgIpc) is 2.92. The molecule has 116 valence electrons. The Morgan fingerprint density at radius 3 is 2.62 bits per heavy atom. The molecule has 21 heavy (non-hydrogen) atoms. The number of carboxylic acids is 1. The van der Waals surface area contributed by atoms with Gasteiger partial charge in [0.25, 0.3) is 0 Å². The van der Waals surface area contributed by atoms with Gasteiger partial charge in [0, 0.05) is 6.42 Å². The van der Waals surface area contributed by atoms with Crippen molar-refractivity contribution in [2.24, 2.45) is 0 Å². The number of likely N-dealkylation sites (N-methyl/N-ethyl adjacent to an activating group) is 1. The molecule has 4 heteroatoms. The highest BCUT2D eigenvalue weighted by Crippen LogP contribution is 2.33. The molecule has 1 aliphatic carbocycles. The number of ether oxygens (including phenoxy) is 1. The maximum Gasteiger partial charge on any atom is 0.324 e. The monoisotopic (exact) mass is 291 g/mol. The lowest BCUT2D eigenvalue weighted by Crippen LogP contribution is -2.48. The SMILES string of the molecule is CCC(C)c1ccc(OC2CCC(NC)(C(=O)O)C2)cc1. The lowest BCUT2D eigenvalue weighted by molar-refractivity contribution is -0.144. The van der Waals surface area contributed by atoms with Crippen molar-refractivity contribution < 1.29 is 14.6 Å². The van der Waals surface area contributed by atoms with Gasteiger partial charge in [-0.25, -0.2) is 0 Å². The third-order valence-electron chi connectivity index (χ3n) is 4.72. The maximum absolute atomic E-state index is 11.4. The van der Waals surface area contributed by atoms with E-state index in [1.165, 1.54) is 5.56 Å². The number of hydrogen-bond acceptors (Lipinski definition) is 3. The number of nitrogens with one attached hydrogen (secondary N) is 1. The molecular formula is C17H25NO3. The number of carbonyl (C=O) groups is 1. The van der Waals surface area contributed by atoms with Crippen LogP contribution in [0.5, 0.6) is 5.75 Å². The largest absolute Gasteiger partial charge is 0.490 e. The van der Waals surface area contributed by atoms with Gasteiger partial charge >= 0.3 is 5.97 Å². The molecule has 0 aliphatic heterocycles. The summed E-state index contributed by atoms with van der Waals surface area (Å²) in [5.74, 6) is 0.585. The van der Waals surface area contributed by atoms with E-state index in [0.29, 0.717) is 18.8 Å². The first kappa shape index (κ1) is 15.8. The van der Waals surface area contributed by atoms with E-state index >= 15 is 0 Å². The zero-order chi connectivity index (χ0) is 15.5. The maximum atomic E-state index is 11.4. The normalized spacial score (nSPS) is 26.5. The second-order valence-corrected chi connectivity index (χ2v) is 6.00. The number of hydrogen-bond donors (Lipinski definition) is 2. The molecule has 3 unspecified atom stereocenters. The van der Waals surface area contributed by atoms with Crippen molar-refractivity contribution in [1.82, 2.24) is 5.32 Å². The zero-order valence-corrected chi connectivity index (χ0v) is 13.1. The number of carboxylic acid groups (broad SMARTS) is 1. The summed E-state index contributed by atoms with van der Waals surface area (Å²) in [5.41, 5.74) is 0.479. The number of benzene rings is 1. The average molecular weight is 291 g/mol. The molecule has 0 saturated heterocycles. The summed E-state index contributed by atoms with van der Waals surface area (Å²) >= 11 is 0. The predicted octanol–water partition coefficient (Wildman–Crippen LogP) is 3.17. The van der Waals surface area contributed by atoms with Gasteiger partial charge in [-0.2, -0.15) is 0 Å². The van der Waals surface area contributed by atoms with Crippen molar-refractivity contribution in [2.45, 2.75) is 57.1 Å². The van der Waals surface area contributed by atoms with Gasteiger partial charge in [-0.3, -0.25) is 4.79 Å². The Balaban J connectivity index is 1.99. The Bertz CT molecular complexity index is 485. The summed E-state index contributed by atoms with van der Waals surface area (Å²) in [6.45, 7) is 4.39. The minimum absolute atomic E-state index is 0.0389. The smallest absolute Gasteiger partial charge is 0.324 e. The highest BCUT2D eigenvalue weighted by molar-refractivity contribution is 5.79. The van der Waals surface area contributed by atoms with Gasteiger partial charge in [-0.05, 0) is 49.9 Å². The number of rotatable bonds is 6. The fraction of sp³-hybridized carbons (Fsp3) is 0.588. The lowest BCUT2D eigenvalue weighted by atomic mass is 9.98. The van der Waals surface area contributed by atoms with Gasteiger partial charge in [0.1, 0.15) is 17.4 Å². The van der Waals surface area contributed by atoms with Crippen LogP contribution in [0, 0.1) is 0 Å². The Morgan fingerprint density at radius 2 is 2.14 bits per heavy atom. The van der Waals surface area contributed by atoms with Crippen LogP contribution in [0.25, 0.3) is 0 Å². The summed E-state index contributed by atoms with van der Waals surface area (Å²) in [7, 11) is 1.71. The standard InChI is InChI=1S/C17H25NO3/c1-4-12(2)13-5-7-14(8-6-13)21-15-9-10-17(11-15,18-3)16(19)20/h5-8,12,15,18H,4,9-11H2,1-3H3,(H,19,20). The van der Waals surface area contributed by atoms with Crippen LogP contribution in [0.3, 0.4) is 0 Å². The van der Waals surface area contributed by atoms with Crippen LogP contribution in [-0.4, -0.2) is 29.8 Å². The summed E-state index contributed by atoms with van der Waals surface area (Å²) in [5, 5.41) is 12.3. The van der Waals surface area contributed by atoms with Crippen LogP contribution >= 0.6 is 0 Å². The van der Waals surface area contributed by atoms with Crippen molar-refractivity contribution in [1.29, 1.82) is 0 Å². The van der Waals surface area contributed by atoms with Gasteiger partial charge in [-0.15, -0.1) is 0 Å². The summed E-state index contributed by atoms with van der Waals surface area (Å²) in [4.78, 5) is 11.4. The van der Waals surface area contributed by atoms with E-state index in [4.69, 9.17) is 4.74 Å². The Morgan fingerprint density at radius 1 is 1.48 bits per heavy atom. The second kappa shape index (κ2) is 6.48. The molecule has 0 radical (unpaired) electrons. The third kappa shape index (κ3) is 3.38. The van der Waals surface area contributed by atoms with E-state index < -0.39 is 11.5 Å². The van der Waals surface area contributed by atoms with Gasteiger partial charge in [-0.1, -0.05) is 26.0 Å². The second-order valence-electron chi connectivity index (χ2n) is 6.00. The molecular weight excluding hydrogens is 266 g/mol. The minimum atomic E-state index is -0.832. The predicted molar refractivity (Wildman–Crippen MR) is 82.8 cm³/mol. The molecule has 2 N–H and O–H groups in total. The van der Waals surface area contributed by atoms with Crippen molar-refractivity contribution in [3.8, 4) is 5.75 Å². The fourth-order valence-corrected chi connectivity index (χ4v) is 2.93. The van der Waals surface area contributed by atoms with Crippen LogP contribution in [0.4, 0.5) is 0 Å². The van der Waals surface area contributed by atoms with Crippen molar-refractivity contribution in [3.63, 3.8) is 0 Å². The fourth-order valence-electron chi connectivity index (χ4n) is 2.93. The molecule has 0 amide bonds. The van der Waals surface area contributed by atoms with Crippen molar-refractivity contribution >= 4 is 5.97 Å². The quantitative estimate of drug-likeness (QED) is 0.845. The van der Waals surface area contributed by atoms with E-state index in [1.807, 2.05) is 12.1 Å². The number of aliphatic carboxylic acids is 1. The zero-order valence-electron chi connectivity index (χ0n) is 13.1. The topological polar surface area (TPSA) is 58.6 Å². The molecule has 1 aliphatic rings. The first-order chi connectivity index (χ1) is 10.0. The molecule has 2 rings (SSSR count). The molecule has 0 bridgehead atoms. The summed E-state index contributed by atoms with van der Waals surface area (Å²) in [6, 6.07) is 8.17. The van der Waals surface area contributed by atoms with Gasteiger partial charge < -0.3 is 15.2 Å². The van der Waals surface area contributed by atoms with Gasteiger partial charge in [0.05, 0.1) is 0 Å². The van der Waals surface area contributed by atoms with Crippen molar-refractivity contribution in [2.75, 3.05) is 7.05 Å². The Hall–Kier alpha value is -1.55. The van der Waals surface area contributed by atoms with Gasteiger partial charge in [0.2, 0.25) is 0 Å². The van der Waals surface area contributed by atoms with E-state index in [-0.39, 0.29) is 6.10 Å². The molecule has 4 nitrogen and oxygen atoms in total. The molecule has 1 saturated carbocycles. The highest BCUT2D eigenvalue weighted by Gasteiger charge is 2.45. The molecule has 1 aromatic rings. The lowest BCUT2D eigenvalue weighted by Gasteiger charge is -2.23. The first-order valence-electron chi connectivity index (χ1n) is 7.69. The minimum Gasteiger partial charge on any atom is -0.490 e. The molecule has 0 spiro atoms.